The fourth-order valence-corrected chi connectivity index (χ4v) is 3.47. The summed E-state index contributed by atoms with van der Waals surface area (Å²) in [7, 11) is 3.63. The lowest BCUT2D eigenvalue weighted by atomic mass is 9.78. The minimum Gasteiger partial charge on any atom is -0.384 e. The van der Waals surface area contributed by atoms with Crippen molar-refractivity contribution in [2.75, 3.05) is 26.8 Å². The number of aromatic nitrogens is 2. The van der Waals surface area contributed by atoms with E-state index >= 15 is 0 Å². The van der Waals surface area contributed by atoms with Crippen molar-refractivity contribution < 1.29 is 9.53 Å². The molecule has 1 aliphatic rings. The minimum absolute atomic E-state index is 0.0766. The maximum Gasteiger partial charge on any atom is 0.228 e. The van der Waals surface area contributed by atoms with Gasteiger partial charge in [-0.2, -0.15) is 5.10 Å². The minimum atomic E-state index is -0.396. The first-order valence-electron chi connectivity index (χ1n) is 8.39. The molecule has 0 bridgehead atoms. The Balaban J connectivity index is 2.03. The molecule has 1 aromatic rings. The second kappa shape index (κ2) is 7.45. The number of piperidine rings is 1. The summed E-state index contributed by atoms with van der Waals surface area (Å²) in [5, 5.41) is 11.0. The Bertz CT molecular complexity index is 542. The lowest BCUT2D eigenvalue weighted by Gasteiger charge is -2.36. The van der Waals surface area contributed by atoms with Crippen LogP contribution in [0.2, 0.25) is 0 Å². The second-order valence-corrected chi connectivity index (χ2v) is 6.81. The average molecular weight is 322 g/mol. The number of methoxy groups -OCH3 is 1. The Morgan fingerprint density at radius 3 is 2.61 bits per heavy atom. The number of hydrogen-bond donors (Lipinski definition) is 2. The summed E-state index contributed by atoms with van der Waals surface area (Å²) in [6, 6.07) is 0.0766. The molecule has 1 aromatic heterocycles. The van der Waals surface area contributed by atoms with Gasteiger partial charge in [-0.25, -0.2) is 0 Å². The fourth-order valence-electron chi connectivity index (χ4n) is 3.47. The topological polar surface area (TPSA) is 68.2 Å². The molecule has 0 radical (unpaired) electrons. The number of nitrogens with zero attached hydrogens (tertiary/aromatic N) is 2. The largest absolute Gasteiger partial charge is 0.384 e. The average Bonchev–Trinajstić information content (AvgIpc) is 2.75. The maximum atomic E-state index is 12.8. The zero-order valence-corrected chi connectivity index (χ0v) is 15.0. The van der Waals surface area contributed by atoms with Crippen LogP contribution in [0.25, 0.3) is 0 Å². The molecule has 6 heteroatoms. The van der Waals surface area contributed by atoms with Crippen molar-refractivity contribution in [1.29, 1.82) is 0 Å². The van der Waals surface area contributed by atoms with E-state index in [0.29, 0.717) is 6.61 Å². The van der Waals surface area contributed by atoms with Crippen LogP contribution in [0.4, 0.5) is 0 Å². The normalized spacial score (nSPS) is 18.7. The maximum absolute atomic E-state index is 12.8. The predicted molar refractivity (Wildman–Crippen MR) is 90.4 cm³/mol. The van der Waals surface area contributed by atoms with Gasteiger partial charge in [0.15, 0.2) is 0 Å². The molecule has 23 heavy (non-hydrogen) atoms. The van der Waals surface area contributed by atoms with Crippen molar-refractivity contribution in [1.82, 2.24) is 20.4 Å². The Morgan fingerprint density at radius 1 is 1.43 bits per heavy atom. The molecule has 0 spiro atoms. The van der Waals surface area contributed by atoms with E-state index in [1.54, 1.807) is 7.11 Å². The highest BCUT2D eigenvalue weighted by Gasteiger charge is 2.40. The van der Waals surface area contributed by atoms with Gasteiger partial charge >= 0.3 is 0 Å². The highest BCUT2D eigenvalue weighted by Crippen LogP contribution is 2.29. The van der Waals surface area contributed by atoms with E-state index in [-0.39, 0.29) is 11.9 Å². The molecule has 2 N–H and O–H groups in total. The zero-order chi connectivity index (χ0) is 17.0. The van der Waals surface area contributed by atoms with Gasteiger partial charge in [-0.15, -0.1) is 0 Å². The number of carbonyl (C=O) groups is 1. The monoisotopic (exact) mass is 322 g/mol. The quantitative estimate of drug-likeness (QED) is 0.823. The summed E-state index contributed by atoms with van der Waals surface area (Å²) in [4.78, 5) is 12.8. The molecule has 6 nitrogen and oxygen atoms in total. The number of carbonyl (C=O) groups excluding carboxylic acids is 1. The standard InChI is InChI=1S/C17H30N4O2/c1-12(10-15-13(2)20-21(4)14(15)3)19-16(22)17(11-23-5)6-8-18-9-7-17/h12,18H,6-11H2,1-5H3,(H,19,22). The van der Waals surface area contributed by atoms with E-state index in [1.165, 1.54) is 5.56 Å². The van der Waals surface area contributed by atoms with Gasteiger partial charge in [-0.05, 0) is 58.7 Å². The van der Waals surface area contributed by atoms with Crippen molar-refractivity contribution in [3.8, 4) is 0 Å². The van der Waals surface area contributed by atoms with Gasteiger partial charge in [0.2, 0.25) is 5.91 Å². The van der Waals surface area contributed by atoms with Crippen LogP contribution in [0.5, 0.6) is 0 Å². The summed E-state index contributed by atoms with van der Waals surface area (Å²) in [5.41, 5.74) is 3.04. The number of ether oxygens (including phenoxy) is 1. The molecule has 2 heterocycles. The van der Waals surface area contributed by atoms with Gasteiger partial charge in [0.1, 0.15) is 0 Å². The third-order valence-corrected chi connectivity index (χ3v) is 5.01. The van der Waals surface area contributed by atoms with Crippen LogP contribution >= 0.6 is 0 Å². The van der Waals surface area contributed by atoms with Crippen LogP contribution in [0.1, 0.15) is 36.7 Å². The summed E-state index contributed by atoms with van der Waals surface area (Å²) >= 11 is 0. The molecular formula is C17H30N4O2. The molecule has 2 rings (SSSR count). The first-order valence-corrected chi connectivity index (χ1v) is 8.39. The van der Waals surface area contributed by atoms with Crippen molar-refractivity contribution in [2.24, 2.45) is 12.5 Å². The van der Waals surface area contributed by atoms with Crippen molar-refractivity contribution in [3.63, 3.8) is 0 Å². The van der Waals surface area contributed by atoms with Crippen LogP contribution in [-0.2, 0) is 23.0 Å². The molecule has 0 saturated carbocycles. The number of hydrogen-bond acceptors (Lipinski definition) is 4. The van der Waals surface area contributed by atoms with Crippen molar-refractivity contribution >= 4 is 5.91 Å². The van der Waals surface area contributed by atoms with E-state index in [1.807, 2.05) is 18.7 Å². The molecule has 1 atom stereocenters. The second-order valence-electron chi connectivity index (χ2n) is 6.81. The molecule has 1 aliphatic heterocycles. The number of nitrogens with one attached hydrogen (secondary N) is 2. The van der Waals surface area contributed by atoms with E-state index in [2.05, 4.69) is 29.6 Å². The lowest BCUT2D eigenvalue weighted by molar-refractivity contribution is -0.136. The van der Waals surface area contributed by atoms with Crippen molar-refractivity contribution in [3.05, 3.63) is 17.0 Å². The third kappa shape index (κ3) is 3.93. The number of amides is 1. The Kier molecular flexibility index (Phi) is 5.81. The highest BCUT2D eigenvalue weighted by atomic mass is 16.5. The Hall–Kier alpha value is -1.40. The number of rotatable bonds is 6. The summed E-state index contributed by atoms with van der Waals surface area (Å²) in [5.74, 6) is 0.118. The van der Waals surface area contributed by atoms with Gasteiger partial charge in [0.05, 0.1) is 17.7 Å². The molecular weight excluding hydrogens is 292 g/mol. The van der Waals surface area contributed by atoms with Gasteiger partial charge < -0.3 is 15.4 Å². The summed E-state index contributed by atoms with van der Waals surface area (Å²) in [6.45, 7) is 8.38. The van der Waals surface area contributed by atoms with Gasteiger partial charge in [0.25, 0.3) is 0 Å². The third-order valence-electron chi connectivity index (χ3n) is 5.01. The molecule has 0 aromatic carbocycles. The number of aryl methyl sites for hydroxylation is 2. The van der Waals surface area contributed by atoms with Gasteiger partial charge in [-0.1, -0.05) is 0 Å². The van der Waals surface area contributed by atoms with Crippen LogP contribution in [0.3, 0.4) is 0 Å². The lowest BCUT2D eigenvalue weighted by Crippen LogP contribution is -2.52. The molecule has 1 unspecified atom stereocenters. The van der Waals surface area contributed by atoms with E-state index < -0.39 is 5.41 Å². The Morgan fingerprint density at radius 2 is 2.09 bits per heavy atom. The first-order chi connectivity index (χ1) is 10.9. The Labute approximate surface area is 139 Å². The molecule has 1 saturated heterocycles. The smallest absolute Gasteiger partial charge is 0.228 e. The SMILES string of the molecule is COCC1(C(=O)NC(C)Cc2c(C)nn(C)c2C)CCNCC1. The van der Waals surface area contributed by atoms with Crippen LogP contribution in [0.15, 0.2) is 0 Å². The van der Waals surface area contributed by atoms with Crippen LogP contribution < -0.4 is 10.6 Å². The highest BCUT2D eigenvalue weighted by molar-refractivity contribution is 5.83. The van der Waals surface area contributed by atoms with E-state index in [9.17, 15) is 4.79 Å². The van der Waals surface area contributed by atoms with Crippen molar-refractivity contribution in [2.45, 2.75) is 46.1 Å². The predicted octanol–water partition coefficient (Wildman–Crippen LogP) is 1.10. The molecule has 130 valence electrons. The molecule has 1 fully saturated rings. The first kappa shape index (κ1) is 17.9. The summed E-state index contributed by atoms with van der Waals surface area (Å²) in [6.07, 6.45) is 2.45. The fraction of sp³-hybridized carbons (Fsp3) is 0.765. The molecule has 0 aliphatic carbocycles. The molecule has 1 amide bonds. The summed E-state index contributed by atoms with van der Waals surface area (Å²) < 4.78 is 7.25. The van der Waals surface area contributed by atoms with Crippen LogP contribution in [-0.4, -0.2) is 48.5 Å². The van der Waals surface area contributed by atoms with E-state index in [0.717, 1.165) is 43.7 Å². The van der Waals surface area contributed by atoms with E-state index in [4.69, 9.17) is 4.74 Å². The van der Waals surface area contributed by atoms with Gasteiger partial charge in [0, 0.05) is 25.9 Å². The van der Waals surface area contributed by atoms with Gasteiger partial charge in [-0.3, -0.25) is 9.48 Å². The zero-order valence-electron chi connectivity index (χ0n) is 15.0. The van der Waals surface area contributed by atoms with Crippen LogP contribution in [0, 0.1) is 19.3 Å².